The van der Waals surface area contributed by atoms with Gasteiger partial charge in [-0.25, -0.2) is 0 Å². The Bertz CT molecular complexity index is 185. The van der Waals surface area contributed by atoms with Crippen LogP contribution in [0, 0.1) is 5.92 Å². The standard InChI is InChI=1S/C13H27NO2/c1-5-7-14-11-9-12(13(11)15-4)16-8-6-10(2)3/h10-14H,5-9H2,1-4H3. The van der Waals surface area contributed by atoms with Gasteiger partial charge in [-0.1, -0.05) is 20.8 Å². The molecule has 3 nitrogen and oxygen atoms in total. The molecule has 3 unspecified atom stereocenters. The van der Waals surface area contributed by atoms with E-state index in [0.29, 0.717) is 12.1 Å². The zero-order valence-electron chi connectivity index (χ0n) is 11.2. The van der Waals surface area contributed by atoms with Crippen LogP contribution < -0.4 is 5.32 Å². The highest BCUT2D eigenvalue weighted by Gasteiger charge is 2.41. The topological polar surface area (TPSA) is 30.5 Å². The molecule has 1 N–H and O–H groups in total. The fourth-order valence-electron chi connectivity index (χ4n) is 2.05. The molecule has 0 spiro atoms. The molecule has 0 heterocycles. The van der Waals surface area contributed by atoms with E-state index in [4.69, 9.17) is 9.47 Å². The van der Waals surface area contributed by atoms with E-state index in [9.17, 15) is 0 Å². The average molecular weight is 229 g/mol. The molecule has 0 radical (unpaired) electrons. The fraction of sp³-hybridized carbons (Fsp3) is 1.00. The molecule has 0 aromatic carbocycles. The molecule has 1 aliphatic carbocycles. The smallest absolute Gasteiger partial charge is 0.0986 e. The summed E-state index contributed by atoms with van der Waals surface area (Å²) in [5.41, 5.74) is 0. The summed E-state index contributed by atoms with van der Waals surface area (Å²) in [7, 11) is 1.78. The summed E-state index contributed by atoms with van der Waals surface area (Å²) >= 11 is 0. The summed E-state index contributed by atoms with van der Waals surface area (Å²) in [6.07, 6.45) is 3.96. The van der Waals surface area contributed by atoms with Gasteiger partial charge in [-0.05, 0) is 31.7 Å². The van der Waals surface area contributed by atoms with Crippen LogP contribution in [0.5, 0.6) is 0 Å². The van der Waals surface area contributed by atoms with E-state index < -0.39 is 0 Å². The van der Waals surface area contributed by atoms with Gasteiger partial charge in [-0.15, -0.1) is 0 Å². The Morgan fingerprint density at radius 1 is 1.38 bits per heavy atom. The Labute approximate surface area is 99.9 Å². The van der Waals surface area contributed by atoms with Gasteiger partial charge in [0.1, 0.15) is 0 Å². The number of ether oxygens (including phenoxy) is 2. The highest BCUT2D eigenvalue weighted by Crippen LogP contribution is 2.27. The van der Waals surface area contributed by atoms with E-state index >= 15 is 0 Å². The molecular formula is C13H27NO2. The lowest BCUT2D eigenvalue weighted by Crippen LogP contribution is -2.59. The minimum absolute atomic E-state index is 0.249. The molecule has 0 amide bonds. The first-order chi connectivity index (χ1) is 7.69. The van der Waals surface area contributed by atoms with Crippen LogP contribution in [0.25, 0.3) is 0 Å². The third kappa shape index (κ3) is 4.04. The summed E-state index contributed by atoms with van der Waals surface area (Å²) < 4.78 is 11.3. The number of nitrogens with one attached hydrogen (secondary N) is 1. The number of hydrogen-bond donors (Lipinski definition) is 1. The van der Waals surface area contributed by atoms with Crippen LogP contribution >= 0.6 is 0 Å². The molecule has 1 saturated carbocycles. The lowest BCUT2D eigenvalue weighted by atomic mass is 9.85. The summed E-state index contributed by atoms with van der Waals surface area (Å²) in [6, 6.07) is 0.494. The van der Waals surface area contributed by atoms with Crippen molar-refractivity contribution in [3.05, 3.63) is 0 Å². The molecule has 1 fully saturated rings. The highest BCUT2D eigenvalue weighted by molar-refractivity contribution is 4.96. The summed E-state index contributed by atoms with van der Waals surface area (Å²) in [5.74, 6) is 0.718. The lowest BCUT2D eigenvalue weighted by molar-refractivity contribution is -0.135. The number of methoxy groups -OCH3 is 1. The van der Waals surface area contributed by atoms with Gasteiger partial charge in [0.2, 0.25) is 0 Å². The van der Waals surface area contributed by atoms with Crippen molar-refractivity contribution in [2.45, 2.75) is 58.3 Å². The Morgan fingerprint density at radius 3 is 2.69 bits per heavy atom. The molecule has 0 bridgehead atoms. The minimum Gasteiger partial charge on any atom is -0.377 e. The lowest BCUT2D eigenvalue weighted by Gasteiger charge is -2.43. The second-order valence-corrected chi connectivity index (χ2v) is 5.09. The summed E-state index contributed by atoms with van der Waals surface area (Å²) in [4.78, 5) is 0. The largest absolute Gasteiger partial charge is 0.377 e. The Morgan fingerprint density at radius 2 is 2.12 bits per heavy atom. The Balaban J connectivity index is 2.15. The molecule has 96 valence electrons. The highest BCUT2D eigenvalue weighted by atomic mass is 16.5. The van der Waals surface area contributed by atoms with Gasteiger partial charge in [-0.3, -0.25) is 0 Å². The van der Waals surface area contributed by atoms with E-state index in [1.165, 1.54) is 6.42 Å². The predicted molar refractivity (Wildman–Crippen MR) is 66.7 cm³/mol. The molecule has 1 aliphatic rings. The van der Waals surface area contributed by atoms with Crippen molar-refractivity contribution in [1.82, 2.24) is 5.32 Å². The maximum Gasteiger partial charge on any atom is 0.0986 e. The average Bonchev–Trinajstić information content (AvgIpc) is 2.21. The molecule has 0 aromatic rings. The van der Waals surface area contributed by atoms with Crippen molar-refractivity contribution < 1.29 is 9.47 Å². The van der Waals surface area contributed by atoms with Crippen molar-refractivity contribution >= 4 is 0 Å². The van der Waals surface area contributed by atoms with Crippen LogP contribution in [0.3, 0.4) is 0 Å². The molecule has 0 saturated heterocycles. The van der Waals surface area contributed by atoms with Gasteiger partial charge >= 0.3 is 0 Å². The number of rotatable bonds is 8. The van der Waals surface area contributed by atoms with Gasteiger partial charge in [0.05, 0.1) is 12.2 Å². The first kappa shape index (κ1) is 13.9. The van der Waals surface area contributed by atoms with E-state index in [-0.39, 0.29) is 6.10 Å². The van der Waals surface area contributed by atoms with Crippen LogP contribution in [0.1, 0.15) is 40.0 Å². The van der Waals surface area contributed by atoms with Gasteiger partial charge < -0.3 is 14.8 Å². The molecule has 1 rings (SSSR count). The normalized spacial score (nSPS) is 29.4. The summed E-state index contributed by atoms with van der Waals surface area (Å²) in [5, 5.41) is 3.49. The van der Waals surface area contributed by atoms with E-state index in [0.717, 1.165) is 31.9 Å². The third-order valence-electron chi connectivity index (χ3n) is 3.21. The van der Waals surface area contributed by atoms with E-state index in [1.54, 1.807) is 7.11 Å². The van der Waals surface area contributed by atoms with Crippen LogP contribution in [0.2, 0.25) is 0 Å². The minimum atomic E-state index is 0.249. The van der Waals surface area contributed by atoms with E-state index in [1.807, 2.05) is 0 Å². The molecular weight excluding hydrogens is 202 g/mol. The zero-order valence-corrected chi connectivity index (χ0v) is 11.2. The van der Waals surface area contributed by atoms with Gasteiger partial charge in [0.25, 0.3) is 0 Å². The second kappa shape index (κ2) is 7.25. The van der Waals surface area contributed by atoms with Crippen molar-refractivity contribution in [1.29, 1.82) is 0 Å². The van der Waals surface area contributed by atoms with Crippen LogP contribution in [0.4, 0.5) is 0 Å². The van der Waals surface area contributed by atoms with Crippen molar-refractivity contribution in [3.8, 4) is 0 Å². The van der Waals surface area contributed by atoms with Crippen LogP contribution in [0.15, 0.2) is 0 Å². The van der Waals surface area contributed by atoms with Crippen LogP contribution in [-0.2, 0) is 9.47 Å². The Kier molecular flexibility index (Phi) is 6.32. The van der Waals surface area contributed by atoms with Crippen molar-refractivity contribution in [2.75, 3.05) is 20.3 Å². The van der Waals surface area contributed by atoms with E-state index in [2.05, 4.69) is 26.1 Å². The quantitative estimate of drug-likeness (QED) is 0.692. The monoisotopic (exact) mass is 229 g/mol. The fourth-order valence-corrected chi connectivity index (χ4v) is 2.05. The molecule has 3 heteroatoms. The SMILES string of the molecule is CCCNC1CC(OCCC(C)C)C1OC. The molecule has 0 aromatic heterocycles. The Hall–Kier alpha value is -0.120. The summed E-state index contributed by atoms with van der Waals surface area (Å²) in [6.45, 7) is 8.57. The predicted octanol–water partition coefficient (Wildman–Crippen LogP) is 2.20. The second-order valence-electron chi connectivity index (χ2n) is 5.09. The molecule has 3 atom stereocenters. The molecule has 16 heavy (non-hydrogen) atoms. The maximum atomic E-state index is 5.84. The van der Waals surface area contributed by atoms with Crippen LogP contribution in [-0.4, -0.2) is 38.5 Å². The zero-order chi connectivity index (χ0) is 12.0. The first-order valence-electron chi connectivity index (χ1n) is 6.56. The van der Waals surface area contributed by atoms with Crippen molar-refractivity contribution in [3.63, 3.8) is 0 Å². The number of hydrogen-bond acceptors (Lipinski definition) is 3. The molecule has 0 aliphatic heterocycles. The van der Waals surface area contributed by atoms with Gasteiger partial charge in [-0.2, -0.15) is 0 Å². The maximum absolute atomic E-state index is 5.84. The van der Waals surface area contributed by atoms with Gasteiger partial charge in [0, 0.05) is 19.8 Å². The first-order valence-corrected chi connectivity index (χ1v) is 6.56. The van der Waals surface area contributed by atoms with Gasteiger partial charge in [0.15, 0.2) is 0 Å². The third-order valence-corrected chi connectivity index (χ3v) is 3.21. The van der Waals surface area contributed by atoms with Crippen molar-refractivity contribution in [2.24, 2.45) is 5.92 Å².